The minimum Gasteiger partial charge on any atom is -0.494 e. The number of fused-ring (bicyclic) bond motifs is 1. The number of benzene rings is 2. The fourth-order valence-corrected chi connectivity index (χ4v) is 3.88. The number of amides is 1. The Kier molecular flexibility index (Phi) is 7.42. The van der Waals surface area contributed by atoms with Crippen molar-refractivity contribution in [2.45, 2.75) is 33.4 Å². The molecule has 0 aliphatic rings. The summed E-state index contributed by atoms with van der Waals surface area (Å²) in [5.74, 6) is 1.18. The molecule has 2 N–H and O–H groups in total. The van der Waals surface area contributed by atoms with Gasteiger partial charge in [-0.15, -0.1) is 0 Å². The Labute approximate surface area is 193 Å². The number of para-hydroxylation sites is 1. The van der Waals surface area contributed by atoms with Crippen LogP contribution in [0, 0.1) is 0 Å². The van der Waals surface area contributed by atoms with Gasteiger partial charge in [0.15, 0.2) is 5.69 Å². The van der Waals surface area contributed by atoms with Crippen LogP contribution in [0.5, 0.6) is 5.75 Å². The highest BCUT2D eigenvalue weighted by Gasteiger charge is 2.16. The molecule has 0 aliphatic heterocycles. The number of H-pyrrole nitrogens is 1. The lowest BCUT2D eigenvalue weighted by Crippen LogP contribution is -2.26. The van der Waals surface area contributed by atoms with Crippen LogP contribution in [-0.4, -0.2) is 40.5 Å². The highest BCUT2D eigenvalue weighted by molar-refractivity contribution is 5.91. The Balaban J connectivity index is 1.49. The molecule has 2 aromatic heterocycles. The topological polar surface area (TPSA) is 83.4 Å². The van der Waals surface area contributed by atoms with Gasteiger partial charge in [0.2, 0.25) is 5.89 Å². The van der Waals surface area contributed by atoms with Crippen LogP contribution in [0.4, 0.5) is 0 Å². The number of carbonyl (C=O) groups excluding carboxylic acids is 1. The number of carbonyl (C=O) groups is 1. The number of oxazole rings is 1. The van der Waals surface area contributed by atoms with E-state index in [1.54, 1.807) is 0 Å². The standard InChI is InChI=1S/C26H30N4O3/c1-3-27-26(31)24-18-33-25(29-24)17-30(16-19-9-11-21(12-10-19)32-4-2)14-13-20-15-28-23-8-6-5-7-22(20)23/h5-12,15,18,28H,3-4,13-14,16-17H2,1-2H3,(H,27,31). The van der Waals surface area contributed by atoms with E-state index in [9.17, 15) is 4.79 Å². The number of hydrogen-bond acceptors (Lipinski definition) is 5. The third kappa shape index (κ3) is 5.81. The van der Waals surface area contributed by atoms with Crippen molar-refractivity contribution in [3.05, 3.63) is 83.7 Å². The van der Waals surface area contributed by atoms with Gasteiger partial charge in [-0.2, -0.15) is 0 Å². The van der Waals surface area contributed by atoms with E-state index in [2.05, 4.69) is 56.7 Å². The zero-order chi connectivity index (χ0) is 23.0. The van der Waals surface area contributed by atoms with Gasteiger partial charge < -0.3 is 19.5 Å². The first-order valence-electron chi connectivity index (χ1n) is 11.4. The molecule has 1 amide bonds. The summed E-state index contributed by atoms with van der Waals surface area (Å²) in [6, 6.07) is 16.5. The van der Waals surface area contributed by atoms with Crippen molar-refractivity contribution < 1.29 is 13.9 Å². The van der Waals surface area contributed by atoms with E-state index in [-0.39, 0.29) is 5.91 Å². The van der Waals surface area contributed by atoms with E-state index in [4.69, 9.17) is 9.15 Å². The molecule has 4 aromatic rings. The van der Waals surface area contributed by atoms with Crippen molar-refractivity contribution in [3.8, 4) is 5.75 Å². The number of nitrogens with zero attached hydrogens (tertiary/aromatic N) is 2. The molecule has 4 rings (SSSR count). The van der Waals surface area contributed by atoms with Gasteiger partial charge >= 0.3 is 0 Å². The van der Waals surface area contributed by atoms with Crippen LogP contribution >= 0.6 is 0 Å². The first-order chi connectivity index (χ1) is 16.2. The number of rotatable bonds is 11. The maximum Gasteiger partial charge on any atom is 0.273 e. The summed E-state index contributed by atoms with van der Waals surface area (Å²) in [6.45, 7) is 7.11. The summed E-state index contributed by atoms with van der Waals surface area (Å²) < 4.78 is 11.2. The molecule has 2 heterocycles. The lowest BCUT2D eigenvalue weighted by molar-refractivity contribution is 0.0950. The van der Waals surface area contributed by atoms with Gasteiger partial charge in [0, 0.05) is 36.7 Å². The quantitative estimate of drug-likeness (QED) is 0.353. The summed E-state index contributed by atoms with van der Waals surface area (Å²) in [5, 5.41) is 4.00. The van der Waals surface area contributed by atoms with Crippen LogP contribution < -0.4 is 10.1 Å². The van der Waals surface area contributed by atoms with Crippen molar-refractivity contribution in [3.63, 3.8) is 0 Å². The first-order valence-corrected chi connectivity index (χ1v) is 11.4. The van der Waals surface area contributed by atoms with Gasteiger partial charge in [-0.05, 0) is 49.6 Å². The zero-order valence-electron chi connectivity index (χ0n) is 19.1. The van der Waals surface area contributed by atoms with Gasteiger partial charge in [-0.3, -0.25) is 9.69 Å². The van der Waals surface area contributed by atoms with Crippen LogP contribution in [0.15, 0.2) is 65.4 Å². The third-order valence-electron chi connectivity index (χ3n) is 5.49. The fraction of sp³-hybridized carbons (Fsp3) is 0.308. The fourth-order valence-electron chi connectivity index (χ4n) is 3.88. The smallest absolute Gasteiger partial charge is 0.273 e. The second-order valence-electron chi connectivity index (χ2n) is 7.88. The van der Waals surface area contributed by atoms with Crippen LogP contribution in [0.2, 0.25) is 0 Å². The number of ether oxygens (including phenoxy) is 1. The Morgan fingerprint density at radius 2 is 1.94 bits per heavy atom. The maximum atomic E-state index is 12.1. The first kappa shape index (κ1) is 22.6. The summed E-state index contributed by atoms with van der Waals surface area (Å²) in [4.78, 5) is 22.1. The zero-order valence-corrected chi connectivity index (χ0v) is 19.1. The molecular formula is C26H30N4O3. The summed E-state index contributed by atoms with van der Waals surface area (Å²) >= 11 is 0. The molecule has 0 saturated heterocycles. The van der Waals surface area contributed by atoms with E-state index in [1.807, 2.05) is 32.0 Å². The van der Waals surface area contributed by atoms with E-state index in [1.165, 1.54) is 22.8 Å². The molecule has 0 aliphatic carbocycles. The molecule has 172 valence electrons. The predicted octanol–water partition coefficient (Wildman–Crippen LogP) is 4.55. The predicted molar refractivity (Wildman–Crippen MR) is 128 cm³/mol. The van der Waals surface area contributed by atoms with Crippen molar-refractivity contribution >= 4 is 16.8 Å². The van der Waals surface area contributed by atoms with Gasteiger partial charge in [0.1, 0.15) is 12.0 Å². The minimum absolute atomic E-state index is 0.218. The molecule has 0 atom stereocenters. The van der Waals surface area contributed by atoms with Crippen LogP contribution in [-0.2, 0) is 19.5 Å². The lowest BCUT2D eigenvalue weighted by Gasteiger charge is -2.21. The van der Waals surface area contributed by atoms with Crippen molar-refractivity contribution in [1.29, 1.82) is 0 Å². The average Bonchev–Trinajstić information content (AvgIpc) is 3.46. The van der Waals surface area contributed by atoms with Gasteiger partial charge in [0.05, 0.1) is 13.2 Å². The Morgan fingerprint density at radius 1 is 1.12 bits per heavy atom. The molecule has 2 aromatic carbocycles. The summed E-state index contributed by atoms with van der Waals surface area (Å²) in [5.41, 5.74) is 3.90. The Hall–Kier alpha value is -3.58. The molecule has 7 nitrogen and oxygen atoms in total. The molecule has 7 heteroatoms. The second kappa shape index (κ2) is 10.8. The van der Waals surface area contributed by atoms with Crippen LogP contribution in [0.25, 0.3) is 10.9 Å². The van der Waals surface area contributed by atoms with Crippen molar-refractivity contribution in [2.75, 3.05) is 19.7 Å². The molecule has 0 spiro atoms. The third-order valence-corrected chi connectivity index (χ3v) is 5.49. The average molecular weight is 447 g/mol. The van der Waals surface area contributed by atoms with Gasteiger partial charge in [-0.25, -0.2) is 4.98 Å². The van der Waals surface area contributed by atoms with Crippen molar-refractivity contribution in [1.82, 2.24) is 20.2 Å². The second-order valence-corrected chi connectivity index (χ2v) is 7.88. The Morgan fingerprint density at radius 3 is 2.73 bits per heavy atom. The molecule has 0 bridgehead atoms. The van der Waals surface area contributed by atoms with E-state index >= 15 is 0 Å². The maximum absolute atomic E-state index is 12.1. The Bertz CT molecular complexity index is 1180. The number of nitrogens with one attached hydrogen (secondary N) is 2. The molecule has 0 unspecified atom stereocenters. The molecule has 0 fully saturated rings. The van der Waals surface area contributed by atoms with E-state index in [0.29, 0.717) is 31.3 Å². The number of hydrogen-bond donors (Lipinski definition) is 2. The van der Waals surface area contributed by atoms with Crippen LogP contribution in [0.1, 0.15) is 41.4 Å². The number of aromatic amines is 1. The van der Waals surface area contributed by atoms with E-state index in [0.717, 1.165) is 30.8 Å². The van der Waals surface area contributed by atoms with E-state index < -0.39 is 0 Å². The highest BCUT2D eigenvalue weighted by Crippen LogP contribution is 2.20. The monoisotopic (exact) mass is 446 g/mol. The van der Waals surface area contributed by atoms with Crippen LogP contribution in [0.3, 0.4) is 0 Å². The lowest BCUT2D eigenvalue weighted by atomic mass is 10.1. The summed E-state index contributed by atoms with van der Waals surface area (Å²) in [7, 11) is 0. The molecule has 0 radical (unpaired) electrons. The molecular weight excluding hydrogens is 416 g/mol. The molecule has 33 heavy (non-hydrogen) atoms. The highest BCUT2D eigenvalue weighted by atomic mass is 16.5. The van der Waals surface area contributed by atoms with Crippen molar-refractivity contribution in [2.24, 2.45) is 0 Å². The van der Waals surface area contributed by atoms with Gasteiger partial charge in [-0.1, -0.05) is 30.3 Å². The largest absolute Gasteiger partial charge is 0.494 e. The summed E-state index contributed by atoms with van der Waals surface area (Å²) in [6.07, 6.45) is 4.39. The molecule has 0 saturated carbocycles. The SMILES string of the molecule is CCNC(=O)c1coc(CN(CCc2c[nH]c3ccccc23)Cc2ccc(OCC)cc2)n1. The van der Waals surface area contributed by atoms with Gasteiger partial charge in [0.25, 0.3) is 5.91 Å². The minimum atomic E-state index is -0.218. The number of aromatic nitrogens is 2. The normalized spacial score (nSPS) is 11.2.